The maximum atomic E-state index is 8.67. The highest BCUT2D eigenvalue weighted by atomic mass is 16.7. The molecule has 0 aliphatic carbocycles. The molecule has 88 valence electrons. The van der Waals surface area contributed by atoms with E-state index in [-0.39, 0.29) is 0 Å². The molecule has 0 N–H and O–H groups in total. The van der Waals surface area contributed by atoms with E-state index in [9.17, 15) is 0 Å². The van der Waals surface area contributed by atoms with E-state index in [0.29, 0.717) is 11.3 Å². The van der Waals surface area contributed by atoms with Crippen LogP contribution in [0.15, 0.2) is 12.4 Å². The van der Waals surface area contributed by atoms with Gasteiger partial charge in [0.1, 0.15) is 6.07 Å². The van der Waals surface area contributed by atoms with Crippen molar-refractivity contribution >= 4 is 12.8 Å². The van der Waals surface area contributed by atoms with E-state index in [4.69, 9.17) is 14.6 Å². The van der Waals surface area contributed by atoms with Crippen molar-refractivity contribution in [3.05, 3.63) is 18.0 Å². The molecule has 2 rings (SSSR count). The molecular weight excluding hydrogens is 217 g/mol. The standard InChI is InChI=1S/C11H14BN3O2/c1-10(2)11(3,4)17-12(16-10)9-14-6-8(5-13)7-15-9/h6-7H,1-4H3. The van der Waals surface area contributed by atoms with Crippen molar-refractivity contribution in [1.29, 1.82) is 5.26 Å². The number of aromatic nitrogens is 2. The third-order valence-corrected chi connectivity index (χ3v) is 3.26. The van der Waals surface area contributed by atoms with Crippen LogP contribution in [-0.2, 0) is 9.31 Å². The highest BCUT2D eigenvalue weighted by Crippen LogP contribution is 2.36. The molecule has 0 unspecified atom stereocenters. The topological polar surface area (TPSA) is 68.0 Å². The van der Waals surface area contributed by atoms with Crippen LogP contribution in [0.2, 0.25) is 0 Å². The summed E-state index contributed by atoms with van der Waals surface area (Å²) in [6, 6.07) is 1.97. The van der Waals surface area contributed by atoms with Crippen molar-refractivity contribution < 1.29 is 9.31 Å². The molecule has 5 nitrogen and oxygen atoms in total. The van der Waals surface area contributed by atoms with Crippen LogP contribution in [0.1, 0.15) is 33.3 Å². The molecule has 17 heavy (non-hydrogen) atoms. The Kier molecular flexibility index (Phi) is 2.68. The minimum Gasteiger partial charge on any atom is -0.397 e. The zero-order valence-electron chi connectivity index (χ0n) is 10.4. The first-order valence-electron chi connectivity index (χ1n) is 5.43. The zero-order valence-corrected chi connectivity index (χ0v) is 10.4. The molecule has 1 aromatic rings. The molecule has 0 aromatic carbocycles. The summed E-state index contributed by atoms with van der Waals surface area (Å²) in [5, 5.41) is 8.67. The molecule has 0 atom stereocenters. The first-order chi connectivity index (χ1) is 7.86. The van der Waals surface area contributed by atoms with E-state index < -0.39 is 18.3 Å². The van der Waals surface area contributed by atoms with Gasteiger partial charge in [0.05, 0.1) is 16.8 Å². The average molecular weight is 231 g/mol. The van der Waals surface area contributed by atoms with Gasteiger partial charge in [0.25, 0.3) is 0 Å². The smallest absolute Gasteiger partial charge is 0.397 e. The second-order valence-electron chi connectivity index (χ2n) is 5.03. The summed E-state index contributed by atoms with van der Waals surface area (Å²) in [6.07, 6.45) is 2.93. The van der Waals surface area contributed by atoms with Crippen molar-refractivity contribution in [1.82, 2.24) is 9.97 Å². The second kappa shape index (κ2) is 3.79. The monoisotopic (exact) mass is 231 g/mol. The summed E-state index contributed by atoms with van der Waals surface area (Å²) in [6.45, 7) is 7.88. The summed E-state index contributed by atoms with van der Waals surface area (Å²) >= 11 is 0. The van der Waals surface area contributed by atoms with Crippen molar-refractivity contribution in [3.8, 4) is 6.07 Å². The fourth-order valence-electron chi connectivity index (χ4n) is 1.47. The fraction of sp³-hybridized carbons (Fsp3) is 0.545. The minimum atomic E-state index is -0.576. The Bertz CT molecular complexity index is 449. The molecule has 0 saturated carbocycles. The van der Waals surface area contributed by atoms with E-state index in [0.717, 1.165) is 0 Å². The quantitative estimate of drug-likeness (QED) is 0.663. The lowest BCUT2D eigenvalue weighted by molar-refractivity contribution is 0.00578. The average Bonchev–Trinajstić information content (AvgIpc) is 2.48. The molecule has 0 radical (unpaired) electrons. The first kappa shape index (κ1) is 12.0. The van der Waals surface area contributed by atoms with E-state index in [1.165, 1.54) is 12.4 Å². The number of hydrogen-bond donors (Lipinski definition) is 0. The predicted molar refractivity (Wildman–Crippen MR) is 62.5 cm³/mol. The zero-order chi connectivity index (χ0) is 12.7. The third kappa shape index (κ3) is 2.04. The maximum absolute atomic E-state index is 8.67. The first-order valence-corrected chi connectivity index (χ1v) is 5.43. The second-order valence-corrected chi connectivity index (χ2v) is 5.03. The molecule has 2 heterocycles. The lowest BCUT2D eigenvalue weighted by atomic mass is 9.89. The fourth-order valence-corrected chi connectivity index (χ4v) is 1.47. The highest BCUT2D eigenvalue weighted by molar-refractivity contribution is 6.60. The number of nitriles is 1. The molecule has 6 heteroatoms. The summed E-state index contributed by atoms with van der Waals surface area (Å²) in [4.78, 5) is 8.16. The Labute approximate surface area is 101 Å². The number of hydrogen-bond acceptors (Lipinski definition) is 5. The van der Waals surface area contributed by atoms with Crippen LogP contribution in [0.25, 0.3) is 0 Å². The Morgan fingerprint density at radius 2 is 1.59 bits per heavy atom. The lowest BCUT2D eigenvalue weighted by Gasteiger charge is -2.32. The van der Waals surface area contributed by atoms with Crippen molar-refractivity contribution in [3.63, 3.8) is 0 Å². The van der Waals surface area contributed by atoms with Gasteiger partial charge in [-0.2, -0.15) is 5.26 Å². The molecule has 1 saturated heterocycles. The van der Waals surface area contributed by atoms with E-state index in [1.807, 2.05) is 33.8 Å². The van der Waals surface area contributed by atoms with Gasteiger partial charge in [-0.05, 0) is 27.7 Å². The summed E-state index contributed by atoms with van der Waals surface area (Å²) in [7, 11) is -0.576. The Balaban J connectivity index is 2.23. The molecule has 1 fully saturated rings. The SMILES string of the molecule is CC1(C)OB(c2ncc(C#N)cn2)OC1(C)C. The van der Waals surface area contributed by atoms with Gasteiger partial charge in [-0.25, -0.2) is 9.97 Å². The molecule has 1 aliphatic rings. The van der Waals surface area contributed by atoms with Gasteiger partial charge in [0, 0.05) is 12.4 Å². The largest absolute Gasteiger partial charge is 0.534 e. The summed E-state index contributed by atoms with van der Waals surface area (Å²) in [5.74, 6) is 0. The van der Waals surface area contributed by atoms with Crippen LogP contribution in [0.5, 0.6) is 0 Å². The van der Waals surface area contributed by atoms with Crippen LogP contribution in [0, 0.1) is 11.3 Å². The van der Waals surface area contributed by atoms with Crippen LogP contribution >= 0.6 is 0 Å². The summed E-state index contributed by atoms with van der Waals surface area (Å²) < 4.78 is 11.6. The maximum Gasteiger partial charge on any atom is 0.534 e. The van der Waals surface area contributed by atoms with Gasteiger partial charge in [-0.3, -0.25) is 0 Å². The summed E-state index contributed by atoms with van der Waals surface area (Å²) in [5.41, 5.74) is 0.0528. The molecule has 1 aliphatic heterocycles. The molecule has 0 amide bonds. The van der Waals surface area contributed by atoms with Gasteiger partial charge in [-0.15, -0.1) is 0 Å². The van der Waals surface area contributed by atoms with E-state index in [1.54, 1.807) is 0 Å². The number of nitrogens with zero attached hydrogens (tertiary/aromatic N) is 3. The van der Waals surface area contributed by atoms with Gasteiger partial charge < -0.3 is 9.31 Å². The molecule has 1 aromatic heterocycles. The van der Waals surface area contributed by atoms with Gasteiger partial charge in [0.15, 0.2) is 5.72 Å². The van der Waals surface area contributed by atoms with Gasteiger partial charge in [0.2, 0.25) is 0 Å². The normalized spacial score (nSPS) is 21.2. The molecule has 0 bridgehead atoms. The van der Waals surface area contributed by atoms with Crippen LogP contribution in [0.3, 0.4) is 0 Å². The van der Waals surface area contributed by atoms with Gasteiger partial charge in [-0.1, -0.05) is 0 Å². The van der Waals surface area contributed by atoms with Gasteiger partial charge >= 0.3 is 7.12 Å². The Hall–Kier alpha value is -1.45. The van der Waals surface area contributed by atoms with Crippen molar-refractivity contribution in [2.45, 2.75) is 38.9 Å². The van der Waals surface area contributed by atoms with Crippen molar-refractivity contribution in [2.75, 3.05) is 0 Å². The third-order valence-electron chi connectivity index (χ3n) is 3.26. The van der Waals surface area contributed by atoms with Crippen LogP contribution in [0.4, 0.5) is 0 Å². The van der Waals surface area contributed by atoms with E-state index in [2.05, 4.69) is 9.97 Å². The predicted octanol–water partition coefficient (Wildman–Crippen LogP) is 0.647. The van der Waals surface area contributed by atoms with Crippen LogP contribution < -0.4 is 5.72 Å². The Morgan fingerprint density at radius 3 is 2.00 bits per heavy atom. The lowest BCUT2D eigenvalue weighted by Crippen LogP contribution is -2.41. The Morgan fingerprint density at radius 1 is 1.12 bits per heavy atom. The minimum absolute atomic E-state index is 0.408. The molecule has 0 spiro atoms. The molecular formula is C11H14BN3O2. The van der Waals surface area contributed by atoms with Crippen LogP contribution in [-0.4, -0.2) is 28.3 Å². The number of rotatable bonds is 1. The van der Waals surface area contributed by atoms with E-state index >= 15 is 0 Å². The highest BCUT2D eigenvalue weighted by Gasteiger charge is 2.53. The van der Waals surface area contributed by atoms with Crippen molar-refractivity contribution in [2.24, 2.45) is 0 Å².